The van der Waals surface area contributed by atoms with Crippen LogP contribution in [0.1, 0.15) is 64.2 Å². The third kappa shape index (κ3) is 3.62. The van der Waals surface area contributed by atoms with Crippen LogP contribution in [0.15, 0.2) is 0 Å². The standard InChI is InChI=1S/C22H37N3O2/c26-21(24-20-18-11-16-10-17(13-18)14-19(20)12-16)23-15-22(4-2-1-3-5-22)25-6-8-27-9-7-25/h16-20H,1-15H2,(H2,23,24,26). The fraction of sp³-hybridized carbons (Fsp3) is 0.955. The van der Waals surface area contributed by atoms with Crippen molar-refractivity contribution in [2.24, 2.45) is 23.7 Å². The molecule has 0 unspecified atom stereocenters. The molecule has 5 nitrogen and oxygen atoms in total. The molecule has 0 atom stereocenters. The van der Waals surface area contributed by atoms with Crippen molar-refractivity contribution in [2.45, 2.75) is 75.8 Å². The van der Waals surface area contributed by atoms with Crippen LogP contribution < -0.4 is 10.6 Å². The highest BCUT2D eigenvalue weighted by atomic mass is 16.5. The molecule has 27 heavy (non-hydrogen) atoms. The summed E-state index contributed by atoms with van der Waals surface area (Å²) in [5.41, 5.74) is 0.156. The van der Waals surface area contributed by atoms with Crippen LogP contribution in [-0.4, -0.2) is 55.4 Å². The van der Waals surface area contributed by atoms with E-state index in [1.165, 1.54) is 64.2 Å². The first kappa shape index (κ1) is 18.2. The summed E-state index contributed by atoms with van der Waals surface area (Å²) in [4.78, 5) is 15.4. The SMILES string of the molecule is O=C(NCC1(N2CCOCC2)CCCCC1)NC1C2CC3CC(C2)CC1C3. The van der Waals surface area contributed by atoms with E-state index in [0.717, 1.165) is 56.5 Å². The van der Waals surface area contributed by atoms with Gasteiger partial charge in [0, 0.05) is 31.2 Å². The maximum absolute atomic E-state index is 12.8. The van der Waals surface area contributed by atoms with Crippen molar-refractivity contribution in [3.63, 3.8) is 0 Å². The van der Waals surface area contributed by atoms with Crippen molar-refractivity contribution in [1.82, 2.24) is 15.5 Å². The Morgan fingerprint density at radius 2 is 1.56 bits per heavy atom. The van der Waals surface area contributed by atoms with Gasteiger partial charge in [-0.3, -0.25) is 4.90 Å². The van der Waals surface area contributed by atoms with Crippen molar-refractivity contribution in [1.29, 1.82) is 0 Å². The molecule has 2 amide bonds. The van der Waals surface area contributed by atoms with Gasteiger partial charge in [0.15, 0.2) is 0 Å². The number of rotatable bonds is 4. The second-order valence-electron chi connectivity index (χ2n) is 10.2. The minimum atomic E-state index is 0.0886. The lowest BCUT2D eigenvalue weighted by Gasteiger charge is -2.54. The molecule has 5 aliphatic carbocycles. The van der Waals surface area contributed by atoms with Gasteiger partial charge in [-0.1, -0.05) is 19.3 Å². The van der Waals surface area contributed by atoms with Crippen LogP contribution in [0.4, 0.5) is 4.79 Å². The Morgan fingerprint density at radius 1 is 0.926 bits per heavy atom. The summed E-state index contributed by atoms with van der Waals surface area (Å²) in [6, 6.07) is 0.522. The molecule has 6 aliphatic rings. The molecule has 6 rings (SSSR count). The molecule has 152 valence electrons. The molecule has 0 aromatic rings. The van der Waals surface area contributed by atoms with E-state index in [1.54, 1.807) is 0 Å². The van der Waals surface area contributed by atoms with Gasteiger partial charge in [-0.15, -0.1) is 0 Å². The molecule has 2 N–H and O–H groups in total. The quantitative estimate of drug-likeness (QED) is 0.794. The second kappa shape index (κ2) is 7.55. The predicted octanol–water partition coefficient (Wildman–Crippen LogP) is 3.15. The maximum atomic E-state index is 12.8. The zero-order valence-corrected chi connectivity index (χ0v) is 16.8. The molecule has 1 saturated heterocycles. The van der Waals surface area contributed by atoms with Crippen LogP contribution >= 0.6 is 0 Å². The molecule has 6 fully saturated rings. The predicted molar refractivity (Wildman–Crippen MR) is 106 cm³/mol. The summed E-state index contributed by atoms with van der Waals surface area (Å²) >= 11 is 0. The summed E-state index contributed by atoms with van der Waals surface area (Å²) in [6.45, 7) is 4.49. The van der Waals surface area contributed by atoms with E-state index in [2.05, 4.69) is 15.5 Å². The first-order valence-corrected chi connectivity index (χ1v) is 11.6. The lowest BCUT2D eigenvalue weighted by Crippen LogP contribution is -2.62. The molecule has 5 saturated carbocycles. The average Bonchev–Trinajstić information content (AvgIpc) is 2.70. The van der Waals surface area contributed by atoms with E-state index in [4.69, 9.17) is 4.74 Å². The Bertz CT molecular complexity index is 512. The average molecular weight is 376 g/mol. The summed E-state index contributed by atoms with van der Waals surface area (Å²) in [6.07, 6.45) is 13.2. The Hall–Kier alpha value is -0.810. The van der Waals surface area contributed by atoms with Crippen molar-refractivity contribution < 1.29 is 9.53 Å². The number of carbonyl (C=O) groups excluding carboxylic acids is 1. The zero-order valence-electron chi connectivity index (χ0n) is 16.8. The van der Waals surface area contributed by atoms with Crippen molar-refractivity contribution in [3.05, 3.63) is 0 Å². The Morgan fingerprint density at radius 3 is 2.19 bits per heavy atom. The zero-order chi connectivity index (χ0) is 18.3. The molecule has 1 heterocycles. The summed E-state index contributed by atoms with van der Waals surface area (Å²) in [5, 5.41) is 6.75. The highest BCUT2D eigenvalue weighted by molar-refractivity contribution is 5.74. The van der Waals surface area contributed by atoms with Gasteiger partial charge in [0.05, 0.1) is 13.2 Å². The highest BCUT2D eigenvalue weighted by Crippen LogP contribution is 2.53. The molecular weight excluding hydrogens is 338 g/mol. The lowest BCUT2D eigenvalue weighted by molar-refractivity contribution is -0.0362. The van der Waals surface area contributed by atoms with Crippen LogP contribution in [-0.2, 0) is 4.74 Å². The minimum Gasteiger partial charge on any atom is -0.379 e. The minimum absolute atomic E-state index is 0.0886. The summed E-state index contributed by atoms with van der Waals surface area (Å²) in [5.74, 6) is 3.41. The van der Waals surface area contributed by atoms with Crippen LogP contribution in [0, 0.1) is 23.7 Å². The number of hydrogen-bond acceptors (Lipinski definition) is 3. The number of ether oxygens (including phenoxy) is 1. The Labute approximate surface area is 164 Å². The first-order valence-electron chi connectivity index (χ1n) is 11.6. The molecule has 5 heteroatoms. The number of nitrogens with one attached hydrogen (secondary N) is 2. The van der Waals surface area contributed by atoms with E-state index >= 15 is 0 Å². The number of hydrogen-bond donors (Lipinski definition) is 2. The lowest BCUT2D eigenvalue weighted by atomic mass is 9.54. The number of carbonyl (C=O) groups is 1. The maximum Gasteiger partial charge on any atom is 0.315 e. The molecule has 1 aliphatic heterocycles. The van der Waals surface area contributed by atoms with Gasteiger partial charge in [0.25, 0.3) is 0 Å². The molecule has 4 bridgehead atoms. The van der Waals surface area contributed by atoms with Crippen LogP contribution in [0.5, 0.6) is 0 Å². The van der Waals surface area contributed by atoms with Gasteiger partial charge in [0.1, 0.15) is 0 Å². The van der Waals surface area contributed by atoms with E-state index < -0.39 is 0 Å². The molecular formula is C22H37N3O2. The Kier molecular flexibility index (Phi) is 5.10. The van der Waals surface area contributed by atoms with E-state index in [-0.39, 0.29) is 11.6 Å². The highest BCUT2D eigenvalue weighted by Gasteiger charge is 2.48. The van der Waals surface area contributed by atoms with Gasteiger partial charge in [0.2, 0.25) is 0 Å². The van der Waals surface area contributed by atoms with Crippen molar-refractivity contribution >= 4 is 6.03 Å². The van der Waals surface area contributed by atoms with Crippen LogP contribution in [0.3, 0.4) is 0 Å². The number of amides is 2. The van der Waals surface area contributed by atoms with E-state index in [0.29, 0.717) is 6.04 Å². The van der Waals surface area contributed by atoms with Gasteiger partial charge in [-0.05, 0) is 68.6 Å². The second-order valence-corrected chi connectivity index (χ2v) is 10.2. The van der Waals surface area contributed by atoms with E-state index in [1.807, 2.05) is 0 Å². The smallest absolute Gasteiger partial charge is 0.315 e. The Balaban J connectivity index is 1.19. The summed E-state index contributed by atoms with van der Waals surface area (Å²) < 4.78 is 5.57. The van der Waals surface area contributed by atoms with Gasteiger partial charge < -0.3 is 15.4 Å². The third-order valence-electron chi connectivity index (χ3n) is 8.57. The van der Waals surface area contributed by atoms with Gasteiger partial charge >= 0.3 is 6.03 Å². The number of nitrogens with zero attached hydrogens (tertiary/aromatic N) is 1. The third-order valence-corrected chi connectivity index (χ3v) is 8.57. The fourth-order valence-electron chi connectivity index (χ4n) is 7.46. The first-order chi connectivity index (χ1) is 13.2. The van der Waals surface area contributed by atoms with E-state index in [9.17, 15) is 4.79 Å². The van der Waals surface area contributed by atoms with Crippen molar-refractivity contribution in [3.8, 4) is 0 Å². The molecule has 0 aromatic heterocycles. The van der Waals surface area contributed by atoms with Gasteiger partial charge in [-0.25, -0.2) is 4.79 Å². The van der Waals surface area contributed by atoms with Crippen LogP contribution in [0.25, 0.3) is 0 Å². The van der Waals surface area contributed by atoms with Crippen LogP contribution in [0.2, 0.25) is 0 Å². The van der Waals surface area contributed by atoms with Crippen molar-refractivity contribution in [2.75, 3.05) is 32.8 Å². The topological polar surface area (TPSA) is 53.6 Å². The largest absolute Gasteiger partial charge is 0.379 e. The fourth-order valence-corrected chi connectivity index (χ4v) is 7.46. The summed E-state index contributed by atoms with van der Waals surface area (Å²) in [7, 11) is 0. The van der Waals surface area contributed by atoms with Gasteiger partial charge in [-0.2, -0.15) is 0 Å². The molecule has 0 radical (unpaired) electrons. The molecule has 0 spiro atoms. The number of morpholine rings is 1. The molecule has 0 aromatic carbocycles. The number of urea groups is 1. The normalized spacial score (nSPS) is 40.7. The monoisotopic (exact) mass is 375 g/mol.